The van der Waals surface area contributed by atoms with Crippen LogP contribution in [0, 0.1) is 0 Å². The van der Waals surface area contributed by atoms with Crippen LogP contribution in [0.25, 0.3) is 0 Å². The smallest absolute Gasteiger partial charge is 0.265 e. The summed E-state index contributed by atoms with van der Waals surface area (Å²) in [6.45, 7) is 4.43. The van der Waals surface area contributed by atoms with Crippen molar-refractivity contribution in [3.63, 3.8) is 0 Å². The number of nitrogen functional groups attached to an aromatic ring is 1. The Hall–Kier alpha value is -0.990. The standard InChI is InChI=1S/C13H21N5OS2/c14-11-10(12(19)16-8-9-2-1-7-20-9)21-13(17-11)18-5-3-15-4-6-18/h9,15H,1-8,14H2,(H,16,19). The summed E-state index contributed by atoms with van der Waals surface area (Å²) in [7, 11) is 0. The van der Waals surface area contributed by atoms with E-state index in [2.05, 4.69) is 20.5 Å². The molecule has 3 rings (SSSR count). The third kappa shape index (κ3) is 3.61. The maximum absolute atomic E-state index is 12.3. The van der Waals surface area contributed by atoms with Crippen molar-refractivity contribution in [1.29, 1.82) is 0 Å². The van der Waals surface area contributed by atoms with Crippen molar-refractivity contribution in [2.45, 2.75) is 18.1 Å². The van der Waals surface area contributed by atoms with E-state index in [-0.39, 0.29) is 5.91 Å². The summed E-state index contributed by atoms with van der Waals surface area (Å²) in [6.07, 6.45) is 2.44. The van der Waals surface area contributed by atoms with Crippen molar-refractivity contribution < 1.29 is 4.79 Å². The zero-order valence-electron chi connectivity index (χ0n) is 11.9. The number of thioether (sulfide) groups is 1. The first-order chi connectivity index (χ1) is 10.2. The van der Waals surface area contributed by atoms with Crippen LogP contribution in [0.1, 0.15) is 22.5 Å². The lowest BCUT2D eigenvalue weighted by molar-refractivity contribution is 0.0958. The van der Waals surface area contributed by atoms with Gasteiger partial charge in [-0.3, -0.25) is 4.79 Å². The highest BCUT2D eigenvalue weighted by Gasteiger charge is 2.22. The zero-order chi connectivity index (χ0) is 14.7. The largest absolute Gasteiger partial charge is 0.382 e. The van der Waals surface area contributed by atoms with Crippen LogP contribution in [0.4, 0.5) is 10.9 Å². The molecule has 2 saturated heterocycles. The summed E-state index contributed by atoms with van der Waals surface area (Å²) >= 11 is 3.34. The SMILES string of the molecule is Nc1nc(N2CCNCC2)sc1C(=O)NCC1CCCS1. The van der Waals surface area contributed by atoms with E-state index in [1.165, 1.54) is 29.9 Å². The van der Waals surface area contributed by atoms with Gasteiger partial charge in [-0.05, 0) is 18.6 Å². The Morgan fingerprint density at radius 3 is 3.00 bits per heavy atom. The molecule has 0 aliphatic carbocycles. The molecular formula is C13H21N5OS2. The summed E-state index contributed by atoms with van der Waals surface area (Å²) in [5.74, 6) is 1.47. The monoisotopic (exact) mass is 327 g/mol. The molecule has 0 saturated carbocycles. The first-order valence-electron chi connectivity index (χ1n) is 7.36. The maximum Gasteiger partial charge on any atom is 0.265 e. The Bertz CT molecular complexity index is 495. The molecule has 0 aromatic carbocycles. The van der Waals surface area contributed by atoms with Crippen LogP contribution < -0.4 is 21.3 Å². The normalized spacial score (nSPS) is 22.5. The minimum Gasteiger partial charge on any atom is -0.382 e. The fourth-order valence-corrected chi connectivity index (χ4v) is 4.72. The predicted molar refractivity (Wildman–Crippen MR) is 89.4 cm³/mol. The van der Waals surface area contributed by atoms with Crippen molar-refractivity contribution in [2.24, 2.45) is 0 Å². The Morgan fingerprint density at radius 1 is 1.48 bits per heavy atom. The molecule has 0 radical (unpaired) electrons. The lowest BCUT2D eigenvalue weighted by Crippen LogP contribution is -2.43. The molecule has 21 heavy (non-hydrogen) atoms. The number of carbonyl (C=O) groups is 1. The number of thiazole rings is 1. The summed E-state index contributed by atoms with van der Waals surface area (Å²) in [6, 6.07) is 0. The van der Waals surface area contributed by atoms with Crippen LogP contribution in [-0.2, 0) is 0 Å². The molecular weight excluding hydrogens is 306 g/mol. The number of piperazine rings is 1. The zero-order valence-corrected chi connectivity index (χ0v) is 13.6. The second-order valence-corrected chi connectivity index (χ2v) is 7.68. The highest BCUT2D eigenvalue weighted by atomic mass is 32.2. The van der Waals surface area contributed by atoms with Crippen molar-refractivity contribution in [2.75, 3.05) is 49.1 Å². The van der Waals surface area contributed by atoms with Gasteiger partial charge in [0.15, 0.2) is 5.13 Å². The van der Waals surface area contributed by atoms with Gasteiger partial charge in [-0.2, -0.15) is 11.8 Å². The third-order valence-electron chi connectivity index (χ3n) is 3.75. The lowest BCUT2D eigenvalue weighted by Gasteiger charge is -2.26. The average molecular weight is 327 g/mol. The number of anilines is 2. The summed E-state index contributed by atoms with van der Waals surface area (Å²) in [5.41, 5.74) is 5.92. The van der Waals surface area contributed by atoms with Crippen LogP contribution in [0.15, 0.2) is 0 Å². The molecule has 1 amide bonds. The molecule has 0 bridgehead atoms. The topological polar surface area (TPSA) is 83.3 Å². The molecule has 0 spiro atoms. The van der Waals surface area contributed by atoms with Gasteiger partial charge in [0.05, 0.1) is 0 Å². The number of nitrogens with one attached hydrogen (secondary N) is 2. The number of carbonyl (C=O) groups excluding carboxylic acids is 1. The van der Waals surface area contributed by atoms with Crippen LogP contribution in [0.3, 0.4) is 0 Å². The van der Waals surface area contributed by atoms with Gasteiger partial charge in [0, 0.05) is 38.0 Å². The number of hydrogen-bond acceptors (Lipinski definition) is 7. The number of amides is 1. The van der Waals surface area contributed by atoms with Crippen LogP contribution >= 0.6 is 23.1 Å². The molecule has 4 N–H and O–H groups in total. The molecule has 6 nitrogen and oxygen atoms in total. The maximum atomic E-state index is 12.3. The second kappa shape index (κ2) is 6.85. The van der Waals surface area contributed by atoms with Crippen LogP contribution in [0.5, 0.6) is 0 Å². The minimum atomic E-state index is -0.0844. The van der Waals surface area contributed by atoms with E-state index in [0.29, 0.717) is 15.9 Å². The molecule has 1 unspecified atom stereocenters. The van der Waals surface area contributed by atoms with E-state index in [1.807, 2.05) is 11.8 Å². The van der Waals surface area contributed by atoms with Gasteiger partial charge < -0.3 is 21.3 Å². The fraction of sp³-hybridized carbons (Fsp3) is 0.692. The predicted octanol–water partition coefficient (Wildman–Crippen LogP) is 0.760. The van der Waals surface area contributed by atoms with Crippen LogP contribution in [-0.4, -0.2) is 54.6 Å². The van der Waals surface area contributed by atoms with Gasteiger partial charge in [0.2, 0.25) is 0 Å². The van der Waals surface area contributed by atoms with Gasteiger partial charge in [-0.1, -0.05) is 11.3 Å². The van der Waals surface area contributed by atoms with Crippen LogP contribution in [0.2, 0.25) is 0 Å². The van der Waals surface area contributed by atoms with Crippen molar-refractivity contribution in [1.82, 2.24) is 15.6 Å². The molecule has 8 heteroatoms. The molecule has 2 aliphatic heterocycles. The molecule has 2 aliphatic rings. The van der Waals surface area contributed by atoms with E-state index in [1.54, 1.807) is 0 Å². The Kier molecular flexibility index (Phi) is 4.87. The second-order valence-electron chi connectivity index (χ2n) is 5.29. The van der Waals surface area contributed by atoms with E-state index < -0.39 is 0 Å². The minimum absolute atomic E-state index is 0.0844. The summed E-state index contributed by atoms with van der Waals surface area (Å²) < 4.78 is 0. The highest BCUT2D eigenvalue weighted by molar-refractivity contribution is 8.00. The number of aromatic nitrogens is 1. The quantitative estimate of drug-likeness (QED) is 0.757. The fourth-order valence-electron chi connectivity index (χ4n) is 2.57. The number of rotatable bonds is 4. The third-order valence-corrected chi connectivity index (χ3v) is 6.28. The van der Waals surface area contributed by atoms with E-state index in [0.717, 1.165) is 37.9 Å². The Morgan fingerprint density at radius 2 is 2.29 bits per heavy atom. The molecule has 1 atom stereocenters. The molecule has 116 valence electrons. The summed E-state index contributed by atoms with van der Waals surface area (Å²) in [4.78, 5) is 19.4. The molecule has 1 aromatic rings. The van der Waals surface area contributed by atoms with Gasteiger partial charge in [-0.25, -0.2) is 4.98 Å². The lowest BCUT2D eigenvalue weighted by atomic mass is 10.2. The average Bonchev–Trinajstić information content (AvgIpc) is 3.15. The van der Waals surface area contributed by atoms with Gasteiger partial charge in [0.25, 0.3) is 5.91 Å². The van der Waals surface area contributed by atoms with Crippen molar-refractivity contribution >= 4 is 40.0 Å². The number of nitrogens with two attached hydrogens (primary N) is 1. The van der Waals surface area contributed by atoms with Gasteiger partial charge in [0.1, 0.15) is 10.7 Å². The number of hydrogen-bond donors (Lipinski definition) is 3. The van der Waals surface area contributed by atoms with Crippen molar-refractivity contribution in [3.05, 3.63) is 4.88 Å². The van der Waals surface area contributed by atoms with Gasteiger partial charge in [-0.15, -0.1) is 0 Å². The van der Waals surface area contributed by atoms with Gasteiger partial charge >= 0.3 is 0 Å². The first kappa shape index (κ1) is 14.9. The highest BCUT2D eigenvalue weighted by Crippen LogP contribution is 2.29. The molecule has 2 fully saturated rings. The Labute approximate surface area is 132 Å². The number of nitrogens with zero attached hydrogens (tertiary/aromatic N) is 2. The van der Waals surface area contributed by atoms with E-state index in [4.69, 9.17) is 5.73 Å². The van der Waals surface area contributed by atoms with Crippen molar-refractivity contribution in [3.8, 4) is 0 Å². The Balaban J connectivity index is 1.61. The first-order valence-corrected chi connectivity index (χ1v) is 9.22. The molecule has 3 heterocycles. The summed E-state index contributed by atoms with van der Waals surface area (Å²) in [5, 5.41) is 7.71. The molecule has 1 aromatic heterocycles. The van der Waals surface area contributed by atoms with E-state index >= 15 is 0 Å². The van der Waals surface area contributed by atoms with E-state index in [9.17, 15) is 4.79 Å².